The standard InChI is InChI=1S/C20H25N3O2/c24-20(22-25)19(16-7-2-1-3-8-16)17-9-6-10-18(15-17)21-11-14-23-12-4-5-13-23/h1-3,6-10,15,19,21,25H,4-5,11-14H2,(H,22,24). The number of nitrogens with zero attached hydrogens (tertiary/aromatic N) is 1. The summed E-state index contributed by atoms with van der Waals surface area (Å²) in [5, 5.41) is 12.6. The van der Waals surface area contributed by atoms with Gasteiger partial charge in [0.1, 0.15) is 0 Å². The molecule has 2 aromatic rings. The molecule has 0 spiro atoms. The van der Waals surface area contributed by atoms with Gasteiger partial charge in [-0.15, -0.1) is 0 Å². The molecule has 3 rings (SSSR count). The molecule has 1 atom stereocenters. The summed E-state index contributed by atoms with van der Waals surface area (Å²) in [5.41, 5.74) is 4.49. The van der Waals surface area contributed by atoms with E-state index in [1.165, 1.54) is 25.9 Å². The zero-order valence-electron chi connectivity index (χ0n) is 14.3. The molecule has 1 saturated heterocycles. The van der Waals surface area contributed by atoms with E-state index in [2.05, 4.69) is 10.2 Å². The minimum Gasteiger partial charge on any atom is -0.384 e. The summed E-state index contributed by atoms with van der Waals surface area (Å²) in [6.07, 6.45) is 2.59. The number of hydrogen-bond acceptors (Lipinski definition) is 4. The van der Waals surface area contributed by atoms with E-state index in [4.69, 9.17) is 5.21 Å². The van der Waals surface area contributed by atoms with Gasteiger partial charge in [-0.05, 0) is 49.2 Å². The van der Waals surface area contributed by atoms with Crippen LogP contribution in [0.4, 0.5) is 5.69 Å². The molecule has 5 heteroatoms. The lowest BCUT2D eigenvalue weighted by molar-refractivity contribution is -0.129. The second-order valence-electron chi connectivity index (χ2n) is 6.42. The molecule has 0 radical (unpaired) electrons. The van der Waals surface area contributed by atoms with Crippen molar-refractivity contribution in [3.05, 3.63) is 65.7 Å². The summed E-state index contributed by atoms with van der Waals surface area (Å²) in [6.45, 7) is 4.29. The Balaban J connectivity index is 1.72. The van der Waals surface area contributed by atoms with Crippen molar-refractivity contribution < 1.29 is 10.0 Å². The molecule has 0 aromatic heterocycles. The van der Waals surface area contributed by atoms with Crippen molar-refractivity contribution in [3.8, 4) is 0 Å². The Morgan fingerprint density at radius 1 is 1.04 bits per heavy atom. The molecule has 1 amide bonds. The Morgan fingerprint density at radius 2 is 1.76 bits per heavy atom. The van der Waals surface area contributed by atoms with E-state index in [1.807, 2.05) is 54.6 Å². The highest BCUT2D eigenvalue weighted by molar-refractivity contribution is 5.86. The van der Waals surface area contributed by atoms with Crippen molar-refractivity contribution in [1.82, 2.24) is 10.4 Å². The number of hydrogen-bond donors (Lipinski definition) is 3. The van der Waals surface area contributed by atoms with Gasteiger partial charge in [0.15, 0.2) is 0 Å². The van der Waals surface area contributed by atoms with Crippen LogP contribution < -0.4 is 10.8 Å². The van der Waals surface area contributed by atoms with Crippen LogP contribution in [0, 0.1) is 0 Å². The number of amides is 1. The Kier molecular flexibility index (Phi) is 6.04. The van der Waals surface area contributed by atoms with Crippen LogP contribution in [0.15, 0.2) is 54.6 Å². The summed E-state index contributed by atoms with van der Waals surface area (Å²) in [7, 11) is 0. The second kappa shape index (κ2) is 8.65. The van der Waals surface area contributed by atoms with E-state index >= 15 is 0 Å². The van der Waals surface area contributed by atoms with Gasteiger partial charge in [0, 0.05) is 18.8 Å². The van der Waals surface area contributed by atoms with Crippen molar-refractivity contribution in [2.45, 2.75) is 18.8 Å². The molecule has 25 heavy (non-hydrogen) atoms. The Bertz CT molecular complexity index is 684. The Hall–Kier alpha value is -2.37. The third kappa shape index (κ3) is 4.59. The normalized spacial score (nSPS) is 15.7. The van der Waals surface area contributed by atoms with Crippen LogP contribution in [0.5, 0.6) is 0 Å². The van der Waals surface area contributed by atoms with Gasteiger partial charge >= 0.3 is 0 Å². The van der Waals surface area contributed by atoms with Gasteiger partial charge in [-0.3, -0.25) is 10.0 Å². The first-order valence-electron chi connectivity index (χ1n) is 8.83. The smallest absolute Gasteiger partial charge is 0.255 e. The number of benzene rings is 2. The van der Waals surface area contributed by atoms with Crippen molar-refractivity contribution in [2.75, 3.05) is 31.5 Å². The minimum absolute atomic E-state index is 0.430. The van der Waals surface area contributed by atoms with Gasteiger partial charge in [-0.1, -0.05) is 42.5 Å². The summed E-state index contributed by atoms with van der Waals surface area (Å²) < 4.78 is 0. The fourth-order valence-electron chi connectivity index (χ4n) is 3.40. The summed E-state index contributed by atoms with van der Waals surface area (Å²) >= 11 is 0. The molecule has 1 aliphatic rings. The number of likely N-dealkylation sites (tertiary alicyclic amines) is 1. The predicted octanol–water partition coefficient (Wildman–Crippen LogP) is 2.83. The van der Waals surface area contributed by atoms with E-state index in [0.29, 0.717) is 0 Å². The van der Waals surface area contributed by atoms with Crippen molar-refractivity contribution in [2.24, 2.45) is 0 Å². The molecule has 132 valence electrons. The third-order valence-electron chi connectivity index (χ3n) is 4.68. The number of hydroxylamine groups is 1. The van der Waals surface area contributed by atoms with Gasteiger partial charge in [0.05, 0.1) is 5.92 Å². The highest BCUT2D eigenvalue weighted by Gasteiger charge is 2.22. The number of nitrogens with one attached hydrogen (secondary N) is 2. The zero-order chi connectivity index (χ0) is 17.5. The van der Waals surface area contributed by atoms with Gasteiger partial charge in [-0.2, -0.15) is 0 Å². The maximum atomic E-state index is 12.2. The van der Waals surface area contributed by atoms with Crippen molar-refractivity contribution >= 4 is 11.6 Å². The van der Waals surface area contributed by atoms with Gasteiger partial charge in [0.25, 0.3) is 5.91 Å². The largest absolute Gasteiger partial charge is 0.384 e. The van der Waals surface area contributed by atoms with E-state index in [0.717, 1.165) is 29.9 Å². The van der Waals surface area contributed by atoms with Crippen LogP contribution in [0.2, 0.25) is 0 Å². The number of rotatable bonds is 7. The highest BCUT2D eigenvalue weighted by atomic mass is 16.5. The van der Waals surface area contributed by atoms with Gasteiger partial charge in [-0.25, -0.2) is 5.48 Å². The van der Waals surface area contributed by atoms with Gasteiger partial charge in [0.2, 0.25) is 0 Å². The molecular formula is C20H25N3O2. The van der Waals surface area contributed by atoms with Crippen molar-refractivity contribution in [1.29, 1.82) is 0 Å². The molecule has 0 bridgehead atoms. The lowest BCUT2D eigenvalue weighted by atomic mass is 9.90. The molecule has 1 heterocycles. The van der Waals surface area contributed by atoms with Crippen LogP contribution in [-0.2, 0) is 4.79 Å². The molecule has 1 unspecified atom stereocenters. The first-order valence-corrected chi connectivity index (χ1v) is 8.83. The minimum atomic E-state index is -0.536. The number of carbonyl (C=O) groups excluding carboxylic acids is 1. The molecule has 0 aliphatic carbocycles. The van der Waals surface area contributed by atoms with Crippen LogP contribution >= 0.6 is 0 Å². The molecule has 3 N–H and O–H groups in total. The average molecular weight is 339 g/mol. The van der Waals surface area contributed by atoms with E-state index in [1.54, 1.807) is 5.48 Å². The lowest BCUT2D eigenvalue weighted by Gasteiger charge is -2.18. The van der Waals surface area contributed by atoms with Crippen LogP contribution in [0.25, 0.3) is 0 Å². The molecule has 5 nitrogen and oxygen atoms in total. The monoisotopic (exact) mass is 339 g/mol. The maximum Gasteiger partial charge on any atom is 0.255 e. The Morgan fingerprint density at radius 3 is 2.48 bits per heavy atom. The first kappa shape index (κ1) is 17.5. The van der Waals surface area contributed by atoms with E-state index in [-0.39, 0.29) is 0 Å². The molecular weight excluding hydrogens is 314 g/mol. The van der Waals surface area contributed by atoms with Crippen LogP contribution in [-0.4, -0.2) is 42.2 Å². The molecule has 2 aromatic carbocycles. The fourth-order valence-corrected chi connectivity index (χ4v) is 3.40. The average Bonchev–Trinajstić information content (AvgIpc) is 3.16. The third-order valence-corrected chi connectivity index (χ3v) is 4.68. The zero-order valence-corrected chi connectivity index (χ0v) is 14.3. The molecule has 1 aliphatic heterocycles. The Labute approximate surface area is 148 Å². The summed E-state index contributed by atoms with van der Waals surface area (Å²) in [5.74, 6) is -0.966. The quantitative estimate of drug-likeness (QED) is 0.536. The molecule has 0 saturated carbocycles. The SMILES string of the molecule is O=C(NO)C(c1ccccc1)c1cccc(NCCN2CCCC2)c1. The van der Waals surface area contributed by atoms with E-state index in [9.17, 15) is 4.79 Å². The maximum absolute atomic E-state index is 12.2. The van der Waals surface area contributed by atoms with Crippen LogP contribution in [0.1, 0.15) is 29.9 Å². The summed E-state index contributed by atoms with van der Waals surface area (Å²) in [4.78, 5) is 14.7. The number of carbonyl (C=O) groups is 1. The van der Waals surface area contributed by atoms with Crippen molar-refractivity contribution in [3.63, 3.8) is 0 Å². The number of anilines is 1. The predicted molar refractivity (Wildman–Crippen MR) is 98.8 cm³/mol. The summed E-state index contributed by atoms with van der Waals surface area (Å²) in [6, 6.07) is 17.3. The highest BCUT2D eigenvalue weighted by Crippen LogP contribution is 2.26. The lowest BCUT2D eigenvalue weighted by Crippen LogP contribution is -2.27. The molecule has 1 fully saturated rings. The van der Waals surface area contributed by atoms with Crippen LogP contribution in [0.3, 0.4) is 0 Å². The first-order chi connectivity index (χ1) is 12.3. The van der Waals surface area contributed by atoms with E-state index < -0.39 is 11.8 Å². The second-order valence-corrected chi connectivity index (χ2v) is 6.42. The van der Waals surface area contributed by atoms with Gasteiger partial charge < -0.3 is 10.2 Å². The topological polar surface area (TPSA) is 64.6 Å². The fraction of sp³-hybridized carbons (Fsp3) is 0.350.